The summed E-state index contributed by atoms with van der Waals surface area (Å²) < 4.78 is 0. The molecule has 0 radical (unpaired) electrons. The van der Waals surface area contributed by atoms with Gasteiger partial charge in [0, 0.05) is 6.54 Å². The zero-order valence-corrected chi connectivity index (χ0v) is 12.5. The van der Waals surface area contributed by atoms with Crippen molar-refractivity contribution in [3.05, 3.63) is 0 Å². The van der Waals surface area contributed by atoms with Crippen LogP contribution in [0.2, 0.25) is 0 Å². The Labute approximate surface area is 114 Å². The fourth-order valence-electron chi connectivity index (χ4n) is 2.29. The number of nitrogens with one attached hydrogen (secondary N) is 1. The monoisotopic (exact) mass is 272 g/mol. The van der Waals surface area contributed by atoms with Gasteiger partial charge in [-0.3, -0.25) is 9.59 Å². The van der Waals surface area contributed by atoms with Gasteiger partial charge in [0.2, 0.25) is 11.8 Å². The number of hydrogen-bond acceptors (Lipinski definition) is 3. The standard InChI is InChI=1S/C13H24N2O2S/c1-5-10-12(16)14-11(9(2)3)13(17)15(10)7-6-8-18-4/h9-11H,5-8H2,1-4H3,(H,14,16). The van der Waals surface area contributed by atoms with Crippen molar-refractivity contribution in [3.63, 3.8) is 0 Å². The largest absolute Gasteiger partial charge is 0.342 e. The van der Waals surface area contributed by atoms with Gasteiger partial charge in [0.05, 0.1) is 0 Å². The highest BCUT2D eigenvalue weighted by atomic mass is 32.2. The van der Waals surface area contributed by atoms with E-state index in [9.17, 15) is 9.59 Å². The zero-order valence-electron chi connectivity index (χ0n) is 11.7. The third-order valence-corrected chi connectivity index (χ3v) is 4.02. The maximum absolute atomic E-state index is 12.4. The second-order valence-electron chi connectivity index (χ2n) is 5.03. The lowest BCUT2D eigenvalue weighted by atomic mass is 9.97. The molecule has 1 heterocycles. The summed E-state index contributed by atoms with van der Waals surface area (Å²) >= 11 is 1.77. The van der Waals surface area contributed by atoms with E-state index < -0.39 is 0 Å². The Morgan fingerprint density at radius 3 is 2.56 bits per heavy atom. The molecule has 1 saturated heterocycles. The van der Waals surface area contributed by atoms with Crippen molar-refractivity contribution < 1.29 is 9.59 Å². The zero-order chi connectivity index (χ0) is 13.7. The first kappa shape index (κ1) is 15.3. The van der Waals surface area contributed by atoms with Crippen molar-refractivity contribution in [1.29, 1.82) is 0 Å². The lowest BCUT2D eigenvalue weighted by Gasteiger charge is -2.40. The van der Waals surface area contributed by atoms with Crippen LogP contribution in [0.1, 0.15) is 33.6 Å². The van der Waals surface area contributed by atoms with Gasteiger partial charge in [-0.2, -0.15) is 11.8 Å². The van der Waals surface area contributed by atoms with Gasteiger partial charge in [-0.05, 0) is 30.8 Å². The highest BCUT2D eigenvalue weighted by Gasteiger charge is 2.40. The molecule has 18 heavy (non-hydrogen) atoms. The lowest BCUT2D eigenvalue weighted by molar-refractivity contribution is -0.150. The molecule has 2 amide bonds. The van der Waals surface area contributed by atoms with Gasteiger partial charge < -0.3 is 10.2 Å². The van der Waals surface area contributed by atoms with Crippen molar-refractivity contribution in [2.45, 2.75) is 45.7 Å². The summed E-state index contributed by atoms with van der Waals surface area (Å²) in [6.45, 7) is 6.58. The van der Waals surface area contributed by atoms with E-state index in [4.69, 9.17) is 0 Å². The van der Waals surface area contributed by atoms with Crippen LogP contribution < -0.4 is 5.32 Å². The molecule has 0 aromatic rings. The molecule has 2 unspecified atom stereocenters. The smallest absolute Gasteiger partial charge is 0.246 e. The SMILES string of the molecule is CCC1C(=O)NC(C(C)C)C(=O)N1CCCSC. The molecule has 1 fully saturated rings. The van der Waals surface area contributed by atoms with Crippen molar-refractivity contribution in [2.75, 3.05) is 18.6 Å². The predicted molar refractivity (Wildman–Crippen MR) is 75.6 cm³/mol. The molecule has 104 valence electrons. The molecule has 4 nitrogen and oxygen atoms in total. The van der Waals surface area contributed by atoms with Gasteiger partial charge in [0.25, 0.3) is 0 Å². The van der Waals surface area contributed by atoms with E-state index in [2.05, 4.69) is 11.6 Å². The van der Waals surface area contributed by atoms with Crippen LogP contribution >= 0.6 is 11.8 Å². The number of piperazine rings is 1. The number of thioether (sulfide) groups is 1. The molecule has 1 aliphatic rings. The van der Waals surface area contributed by atoms with Crippen LogP contribution in [-0.2, 0) is 9.59 Å². The van der Waals surface area contributed by atoms with Gasteiger partial charge in [0.15, 0.2) is 0 Å². The topological polar surface area (TPSA) is 49.4 Å². The molecular formula is C13H24N2O2S. The first-order chi connectivity index (χ1) is 8.52. The summed E-state index contributed by atoms with van der Waals surface area (Å²) in [6.07, 6.45) is 3.68. The number of amides is 2. The van der Waals surface area contributed by atoms with Gasteiger partial charge in [-0.1, -0.05) is 20.8 Å². The van der Waals surface area contributed by atoms with Crippen LogP contribution in [0.3, 0.4) is 0 Å². The van der Waals surface area contributed by atoms with E-state index in [0.29, 0.717) is 13.0 Å². The molecule has 0 aromatic carbocycles. The molecule has 0 aliphatic carbocycles. The maximum Gasteiger partial charge on any atom is 0.246 e. The highest BCUT2D eigenvalue weighted by molar-refractivity contribution is 7.98. The van der Waals surface area contributed by atoms with E-state index in [1.165, 1.54) is 0 Å². The van der Waals surface area contributed by atoms with Gasteiger partial charge in [-0.15, -0.1) is 0 Å². The summed E-state index contributed by atoms with van der Waals surface area (Å²) in [4.78, 5) is 26.2. The normalized spacial score (nSPS) is 24.6. The van der Waals surface area contributed by atoms with Crippen LogP contribution in [0, 0.1) is 5.92 Å². The average molecular weight is 272 g/mol. The Bertz CT molecular complexity index is 307. The third kappa shape index (κ3) is 3.40. The Morgan fingerprint density at radius 2 is 2.06 bits per heavy atom. The van der Waals surface area contributed by atoms with E-state index in [1.54, 1.807) is 16.7 Å². The number of carbonyl (C=O) groups excluding carboxylic acids is 2. The predicted octanol–water partition coefficient (Wildman–Crippen LogP) is 1.50. The van der Waals surface area contributed by atoms with Crippen LogP contribution in [0.15, 0.2) is 0 Å². The molecule has 5 heteroatoms. The van der Waals surface area contributed by atoms with Gasteiger partial charge >= 0.3 is 0 Å². The third-order valence-electron chi connectivity index (χ3n) is 3.33. The number of rotatable bonds is 6. The maximum atomic E-state index is 12.4. The summed E-state index contributed by atoms with van der Waals surface area (Å²) in [5.74, 6) is 1.24. The quantitative estimate of drug-likeness (QED) is 0.746. The van der Waals surface area contributed by atoms with Gasteiger partial charge in [-0.25, -0.2) is 0 Å². The first-order valence-electron chi connectivity index (χ1n) is 6.62. The average Bonchev–Trinajstić information content (AvgIpc) is 2.33. The minimum Gasteiger partial charge on any atom is -0.342 e. The minimum absolute atomic E-state index is 0.0000449. The second-order valence-corrected chi connectivity index (χ2v) is 6.02. The Hall–Kier alpha value is -0.710. The van der Waals surface area contributed by atoms with Crippen LogP contribution in [0.4, 0.5) is 0 Å². The van der Waals surface area contributed by atoms with Crippen molar-refractivity contribution in [1.82, 2.24) is 10.2 Å². The summed E-state index contributed by atoms with van der Waals surface area (Å²) in [7, 11) is 0. The van der Waals surface area contributed by atoms with Gasteiger partial charge in [0.1, 0.15) is 12.1 Å². The molecule has 0 aromatic heterocycles. The minimum atomic E-state index is -0.352. The molecule has 1 N–H and O–H groups in total. The van der Waals surface area contributed by atoms with Crippen molar-refractivity contribution in [2.24, 2.45) is 5.92 Å². The Morgan fingerprint density at radius 1 is 1.39 bits per heavy atom. The Balaban J connectivity index is 2.77. The second kappa shape index (κ2) is 7.02. The number of carbonyl (C=O) groups is 2. The number of nitrogens with zero attached hydrogens (tertiary/aromatic N) is 1. The molecule has 1 aliphatic heterocycles. The molecular weight excluding hydrogens is 248 g/mol. The molecule has 0 bridgehead atoms. The van der Waals surface area contributed by atoms with E-state index >= 15 is 0 Å². The molecule has 2 atom stereocenters. The fourth-order valence-corrected chi connectivity index (χ4v) is 2.71. The Kier molecular flexibility index (Phi) is 5.99. The lowest BCUT2D eigenvalue weighted by Crippen LogP contribution is -2.64. The van der Waals surface area contributed by atoms with Crippen molar-refractivity contribution >= 4 is 23.6 Å². The fraction of sp³-hybridized carbons (Fsp3) is 0.846. The summed E-state index contributed by atoms with van der Waals surface area (Å²) in [6, 6.07) is -0.635. The molecule has 1 rings (SSSR count). The summed E-state index contributed by atoms with van der Waals surface area (Å²) in [5, 5.41) is 2.85. The summed E-state index contributed by atoms with van der Waals surface area (Å²) in [5.41, 5.74) is 0. The van der Waals surface area contributed by atoms with Crippen LogP contribution in [-0.4, -0.2) is 47.4 Å². The van der Waals surface area contributed by atoms with Crippen molar-refractivity contribution in [3.8, 4) is 0 Å². The van der Waals surface area contributed by atoms with E-state index in [0.717, 1.165) is 12.2 Å². The van der Waals surface area contributed by atoms with Crippen LogP contribution in [0.5, 0.6) is 0 Å². The first-order valence-corrected chi connectivity index (χ1v) is 8.02. The molecule has 0 saturated carbocycles. The van der Waals surface area contributed by atoms with Crippen LogP contribution in [0.25, 0.3) is 0 Å². The van der Waals surface area contributed by atoms with E-state index in [1.807, 2.05) is 20.8 Å². The van der Waals surface area contributed by atoms with E-state index in [-0.39, 0.29) is 29.8 Å². The highest BCUT2D eigenvalue weighted by Crippen LogP contribution is 2.18. The number of hydrogen-bond donors (Lipinski definition) is 1. The molecule has 0 spiro atoms.